The van der Waals surface area contributed by atoms with Crippen molar-refractivity contribution in [2.24, 2.45) is 0 Å². The summed E-state index contributed by atoms with van der Waals surface area (Å²) in [5, 5.41) is 3.52. The Bertz CT molecular complexity index is 496. The van der Waals surface area contributed by atoms with Gasteiger partial charge in [0.2, 0.25) is 0 Å². The Morgan fingerprint density at radius 2 is 1.68 bits per heavy atom. The Kier molecular flexibility index (Phi) is 4.99. The lowest BCUT2D eigenvalue weighted by molar-refractivity contribution is 0.141. The van der Waals surface area contributed by atoms with E-state index in [1.807, 2.05) is 13.0 Å². The van der Waals surface area contributed by atoms with Crippen molar-refractivity contribution in [2.45, 2.75) is 19.9 Å². The number of anilines is 1. The van der Waals surface area contributed by atoms with Crippen molar-refractivity contribution in [1.29, 1.82) is 0 Å². The van der Waals surface area contributed by atoms with Crippen LogP contribution in [0.5, 0.6) is 0 Å². The van der Waals surface area contributed by atoms with Crippen molar-refractivity contribution in [3.63, 3.8) is 0 Å². The lowest BCUT2D eigenvalue weighted by atomic mass is 10.0. The molecule has 2 aromatic carbocycles. The molecular weight excluding hydrogens is 234 g/mol. The molecule has 0 saturated carbocycles. The summed E-state index contributed by atoms with van der Waals surface area (Å²) in [7, 11) is 0. The van der Waals surface area contributed by atoms with Gasteiger partial charge in [-0.05, 0) is 25.5 Å². The first kappa shape index (κ1) is 13.6. The van der Waals surface area contributed by atoms with Gasteiger partial charge >= 0.3 is 0 Å². The van der Waals surface area contributed by atoms with Crippen LogP contribution in [0.3, 0.4) is 0 Å². The molecule has 2 aromatic rings. The van der Waals surface area contributed by atoms with Gasteiger partial charge in [-0.3, -0.25) is 0 Å². The van der Waals surface area contributed by atoms with E-state index in [-0.39, 0.29) is 0 Å². The molecule has 0 aliphatic heterocycles. The number of ether oxygens (including phenoxy) is 1. The molecule has 0 bridgehead atoms. The molecule has 2 nitrogen and oxygen atoms in total. The van der Waals surface area contributed by atoms with Gasteiger partial charge in [0.15, 0.2) is 0 Å². The molecule has 0 spiro atoms. The maximum absolute atomic E-state index is 5.45. The summed E-state index contributed by atoms with van der Waals surface area (Å²) in [5.74, 6) is 0. The van der Waals surface area contributed by atoms with E-state index < -0.39 is 0 Å². The van der Waals surface area contributed by atoms with Gasteiger partial charge in [0.05, 0.1) is 6.61 Å². The van der Waals surface area contributed by atoms with Crippen LogP contribution in [0, 0.1) is 0 Å². The zero-order valence-corrected chi connectivity index (χ0v) is 11.6. The van der Waals surface area contributed by atoms with Gasteiger partial charge in [-0.25, -0.2) is 0 Å². The summed E-state index contributed by atoms with van der Waals surface area (Å²) in [5.41, 5.74) is 3.61. The minimum atomic E-state index is 0.296. The molecule has 0 fully saturated rings. The van der Waals surface area contributed by atoms with Crippen LogP contribution in [0.1, 0.15) is 13.8 Å². The Balaban J connectivity index is 2.17. The second-order valence-electron chi connectivity index (χ2n) is 4.62. The fourth-order valence-electron chi connectivity index (χ4n) is 2.08. The number of hydrogen-bond donors (Lipinski definition) is 1. The van der Waals surface area contributed by atoms with Crippen LogP contribution < -0.4 is 5.32 Å². The van der Waals surface area contributed by atoms with E-state index in [9.17, 15) is 0 Å². The average Bonchev–Trinajstić information content (AvgIpc) is 2.46. The van der Waals surface area contributed by atoms with Gasteiger partial charge < -0.3 is 10.1 Å². The maximum atomic E-state index is 5.45. The van der Waals surface area contributed by atoms with Crippen molar-refractivity contribution in [1.82, 2.24) is 0 Å². The molecule has 0 aliphatic carbocycles. The molecule has 1 atom stereocenters. The van der Waals surface area contributed by atoms with Gasteiger partial charge in [0.25, 0.3) is 0 Å². The smallest absolute Gasteiger partial charge is 0.0664 e. The fourth-order valence-corrected chi connectivity index (χ4v) is 2.08. The molecule has 0 amide bonds. The molecular formula is C17H21NO. The van der Waals surface area contributed by atoms with Gasteiger partial charge in [0.1, 0.15) is 0 Å². The standard InChI is InChI=1S/C17H21NO/c1-3-19-13-14(2)18-17-12-8-7-11-16(17)15-9-5-4-6-10-15/h4-12,14,18H,3,13H2,1-2H3. The molecule has 0 radical (unpaired) electrons. The molecule has 0 heterocycles. The zero-order valence-electron chi connectivity index (χ0n) is 11.6. The van der Waals surface area contributed by atoms with Crippen LogP contribution in [-0.4, -0.2) is 19.3 Å². The van der Waals surface area contributed by atoms with E-state index in [2.05, 4.69) is 60.8 Å². The fraction of sp³-hybridized carbons (Fsp3) is 0.294. The van der Waals surface area contributed by atoms with Crippen LogP contribution in [0.25, 0.3) is 11.1 Å². The Hall–Kier alpha value is -1.80. The summed E-state index contributed by atoms with van der Waals surface area (Å²) < 4.78 is 5.45. The molecule has 0 aliphatic rings. The first-order chi connectivity index (χ1) is 9.31. The number of para-hydroxylation sites is 1. The van der Waals surface area contributed by atoms with Crippen LogP contribution >= 0.6 is 0 Å². The van der Waals surface area contributed by atoms with Gasteiger partial charge in [-0.15, -0.1) is 0 Å². The van der Waals surface area contributed by atoms with Gasteiger partial charge in [-0.1, -0.05) is 48.5 Å². The average molecular weight is 255 g/mol. The minimum Gasteiger partial charge on any atom is -0.380 e. The molecule has 19 heavy (non-hydrogen) atoms. The summed E-state index contributed by atoms with van der Waals surface area (Å²) >= 11 is 0. The zero-order chi connectivity index (χ0) is 13.5. The molecule has 1 N–H and O–H groups in total. The van der Waals surface area contributed by atoms with E-state index in [4.69, 9.17) is 4.74 Å². The Morgan fingerprint density at radius 3 is 2.42 bits per heavy atom. The molecule has 1 unspecified atom stereocenters. The normalized spacial score (nSPS) is 12.1. The number of rotatable bonds is 6. The van der Waals surface area contributed by atoms with E-state index in [1.165, 1.54) is 11.1 Å². The quantitative estimate of drug-likeness (QED) is 0.835. The summed E-state index contributed by atoms with van der Waals surface area (Å²) in [6.45, 7) is 5.63. The highest BCUT2D eigenvalue weighted by Crippen LogP contribution is 2.27. The van der Waals surface area contributed by atoms with Crippen molar-refractivity contribution >= 4 is 5.69 Å². The first-order valence-corrected chi connectivity index (χ1v) is 6.80. The predicted molar refractivity (Wildman–Crippen MR) is 81.5 cm³/mol. The molecule has 100 valence electrons. The van der Waals surface area contributed by atoms with Crippen molar-refractivity contribution in [2.75, 3.05) is 18.5 Å². The summed E-state index contributed by atoms with van der Waals surface area (Å²) in [4.78, 5) is 0. The molecule has 0 aromatic heterocycles. The third-order valence-electron chi connectivity index (χ3n) is 2.99. The van der Waals surface area contributed by atoms with Crippen molar-refractivity contribution < 1.29 is 4.74 Å². The topological polar surface area (TPSA) is 21.3 Å². The van der Waals surface area contributed by atoms with Crippen LogP contribution in [-0.2, 0) is 4.74 Å². The van der Waals surface area contributed by atoms with Gasteiger partial charge in [-0.2, -0.15) is 0 Å². The lowest BCUT2D eigenvalue weighted by Crippen LogP contribution is -2.22. The first-order valence-electron chi connectivity index (χ1n) is 6.80. The summed E-state index contributed by atoms with van der Waals surface area (Å²) in [6.07, 6.45) is 0. The predicted octanol–water partition coefficient (Wildman–Crippen LogP) is 4.19. The third-order valence-corrected chi connectivity index (χ3v) is 2.99. The second-order valence-corrected chi connectivity index (χ2v) is 4.62. The van der Waals surface area contributed by atoms with Crippen LogP contribution in [0.15, 0.2) is 54.6 Å². The van der Waals surface area contributed by atoms with Crippen molar-refractivity contribution in [3.8, 4) is 11.1 Å². The van der Waals surface area contributed by atoms with Crippen LogP contribution in [0.2, 0.25) is 0 Å². The largest absolute Gasteiger partial charge is 0.380 e. The summed E-state index contributed by atoms with van der Waals surface area (Å²) in [6, 6.07) is 19.1. The maximum Gasteiger partial charge on any atom is 0.0664 e. The number of hydrogen-bond acceptors (Lipinski definition) is 2. The molecule has 2 rings (SSSR count). The number of nitrogens with one attached hydrogen (secondary N) is 1. The van der Waals surface area contributed by atoms with E-state index >= 15 is 0 Å². The molecule has 0 saturated heterocycles. The minimum absolute atomic E-state index is 0.296. The third kappa shape index (κ3) is 3.83. The highest BCUT2D eigenvalue weighted by molar-refractivity contribution is 5.77. The lowest BCUT2D eigenvalue weighted by Gasteiger charge is -2.18. The Morgan fingerprint density at radius 1 is 1.00 bits per heavy atom. The SMILES string of the molecule is CCOCC(C)Nc1ccccc1-c1ccccc1. The van der Waals surface area contributed by atoms with Crippen LogP contribution in [0.4, 0.5) is 5.69 Å². The van der Waals surface area contributed by atoms with Crippen molar-refractivity contribution in [3.05, 3.63) is 54.6 Å². The highest BCUT2D eigenvalue weighted by atomic mass is 16.5. The van der Waals surface area contributed by atoms with Gasteiger partial charge in [0, 0.05) is 23.9 Å². The second kappa shape index (κ2) is 6.95. The van der Waals surface area contributed by atoms with E-state index in [0.717, 1.165) is 18.9 Å². The number of benzene rings is 2. The highest BCUT2D eigenvalue weighted by Gasteiger charge is 2.07. The van der Waals surface area contributed by atoms with E-state index in [1.54, 1.807) is 0 Å². The Labute approximate surface area is 115 Å². The van der Waals surface area contributed by atoms with E-state index in [0.29, 0.717) is 6.04 Å². The monoisotopic (exact) mass is 255 g/mol. The molecule has 2 heteroatoms.